The van der Waals surface area contributed by atoms with Gasteiger partial charge in [-0.15, -0.1) is 5.10 Å². The first-order chi connectivity index (χ1) is 8.47. The smallest absolute Gasteiger partial charge is 0.149 e. The second-order valence-electron chi connectivity index (χ2n) is 4.11. The zero-order chi connectivity index (χ0) is 13.2. The first-order valence-electron chi connectivity index (χ1n) is 5.37. The van der Waals surface area contributed by atoms with E-state index < -0.39 is 15.9 Å². The summed E-state index contributed by atoms with van der Waals surface area (Å²) >= 11 is 0. The summed E-state index contributed by atoms with van der Waals surface area (Å²) < 4.78 is 24.1. The third kappa shape index (κ3) is 2.93. The molecule has 0 bridgehead atoms. The Hall–Kier alpha value is -1.73. The SMILES string of the molecule is CS(=O)(=O)CC(N)c1cnnn1-c1ccccc1. The maximum atomic E-state index is 11.3. The van der Waals surface area contributed by atoms with Gasteiger partial charge in [0.05, 0.1) is 29.4 Å². The third-order valence-corrected chi connectivity index (χ3v) is 3.40. The Morgan fingerprint density at radius 1 is 1.33 bits per heavy atom. The van der Waals surface area contributed by atoms with Crippen LogP contribution in [0.3, 0.4) is 0 Å². The van der Waals surface area contributed by atoms with Crippen molar-refractivity contribution in [1.82, 2.24) is 15.0 Å². The lowest BCUT2D eigenvalue weighted by molar-refractivity contribution is 0.591. The Morgan fingerprint density at radius 3 is 2.61 bits per heavy atom. The van der Waals surface area contributed by atoms with Crippen molar-refractivity contribution >= 4 is 9.84 Å². The minimum absolute atomic E-state index is 0.132. The number of benzene rings is 1. The third-order valence-electron chi connectivity index (χ3n) is 2.44. The van der Waals surface area contributed by atoms with E-state index in [0.29, 0.717) is 5.69 Å². The number of hydrogen-bond donors (Lipinski definition) is 1. The van der Waals surface area contributed by atoms with E-state index in [-0.39, 0.29) is 5.75 Å². The minimum atomic E-state index is -3.14. The molecule has 96 valence electrons. The second-order valence-corrected chi connectivity index (χ2v) is 6.29. The molecule has 2 N–H and O–H groups in total. The van der Waals surface area contributed by atoms with Crippen molar-refractivity contribution < 1.29 is 8.42 Å². The van der Waals surface area contributed by atoms with Crippen LogP contribution < -0.4 is 5.73 Å². The highest BCUT2D eigenvalue weighted by Gasteiger charge is 2.18. The lowest BCUT2D eigenvalue weighted by atomic mass is 10.2. The average molecular weight is 266 g/mol. The fourth-order valence-electron chi connectivity index (χ4n) is 1.68. The molecular formula is C11H14N4O2S. The molecule has 0 fully saturated rings. The highest BCUT2D eigenvalue weighted by molar-refractivity contribution is 7.90. The molecule has 1 aromatic heterocycles. The summed E-state index contributed by atoms with van der Waals surface area (Å²) in [6.45, 7) is 0. The zero-order valence-electron chi connectivity index (χ0n) is 9.89. The average Bonchev–Trinajstić information content (AvgIpc) is 2.76. The summed E-state index contributed by atoms with van der Waals surface area (Å²) in [4.78, 5) is 0. The van der Waals surface area contributed by atoms with Crippen molar-refractivity contribution in [3.8, 4) is 5.69 Å². The highest BCUT2D eigenvalue weighted by Crippen LogP contribution is 2.15. The van der Waals surface area contributed by atoms with E-state index in [0.717, 1.165) is 11.9 Å². The van der Waals surface area contributed by atoms with Crippen LogP contribution in [-0.4, -0.2) is 35.4 Å². The summed E-state index contributed by atoms with van der Waals surface area (Å²) in [5.41, 5.74) is 7.26. The van der Waals surface area contributed by atoms with E-state index in [1.54, 1.807) is 4.68 Å². The van der Waals surface area contributed by atoms with Gasteiger partial charge in [0.2, 0.25) is 0 Å². The molecule has 1 heterocycles. The van der Waals surface area contributed by atoms with Crippen LogP contribution in [0.5, 0.6) is 0 Å². The molecule has 6 nitrogen and oxygen atoms in total. The normalized spacial score (nSPS) is 13.4. The molecule has 0 radical (unpaired) electrons. The molecule has 0 amide bonds. The van der Waals surface area contributed by atoms with Gasteiger partial charge in [-0.25, -0.2) is 13.1 Å². The molecule has 18 heavy (non-hydrogen) atoms. The number of nitrogens with zero attached hydrogens (tertiary/aromatic N) is 3. The van der Waals surface area contributed by atoms with Crippen molar-refractivity contribution in [3.63, 3.8) is 0 Å². The topological polar surface area (TPSA) is 90.9 Å². The van der Waals surface area contributed by atoms with Crippen LogP contribution in [0.15, 0.2) is 36.5 Å². The Kier molecular flexibility index (Phi) is 3.44. The van der Waals surface area contributed by atoms with Gasteiger partial charge in [-0.3, -0.25) is 0 Å². The fraction of sp³-hybridized carbons (Fsp3) is 0.273. The Morgan fingerprint density at radius 2 is 2.00 bits per heavy atom. The number of sulfone groups is 1. The van der Waals surface area contributed by atoms with Crippen LogP contribution in [0.1, 0.15) is 11.7 Å². The molecule has 1 atom stereocenters. The van der Waals surface area contributed by atoms with Crippen LogP contribution in [0.25, 0.3) is 5.69 Å². The summed E-state index contributed by atoms with van der Waals surface area (Å²) in [5, 5.41) is 7.72. The largest absolute Gasteiger partial charge is 0.322 e. The first-order valence-corrected chi connectivity index (χ1v) is 7.43. The molecule has 1 aromatic carbocycles. The van der Waals surface area contributed by atoms with Gasteiger partial charge >= 0.3 is 0 Å². The Bertz CT molecular complexity index is 622. The van der Waals surface area contributed by atoms with Gasteiger partial charge < -0.3 is 5.73 Å². The summed E-state index contributed by atoms with van der Waals surface area (Å²) in [7, 11) is -3.14. The van der Waals surface area contributed by atoms with Crippen LogP contribution in [0, 0.1) is 0 Å². The second kappa shape index (κ2) is 4.87. The summed E-state index contributed by atoms with van der Waals surface area (Å²) in [6.07, 6.45) is 2.65. The predicted molar refractivity (Wildman–Crippen MR) is 68.0 cm³/mol. The van der Waals surface area contributed by atoms with Gasteiger partial charge in [0.15, 0.2) is 0 Å². The number of aromatic nitrogens is 3. The van der Waals surface area contributed by atoms with Crippen molar-refractivity contribution in [1.29, 1.82) is 0 Å². The fourth-order valence-corrected chi connectivity index (χ4v) is 2.50. The van der Waals surface area contributed by atoms with Crippen molar-refractivity contribution in [3.05, 3.63) is 42.2 Å². The van der Waals surface area contributed by atoms with Crippen LogP contribution in [0.2, 0.25) is 0 Å². The number of hydrogen-bond acceptors (Lipinski definition) is 5. The van der Waals surface area contributed by atoms with E-state index >= 15 is 0 Å². The van der Waals surface area contributed by atoms with Gasteiger partial charge in [0, 0.05) is 6.26 Å². The number of rotatable bonds is 4. The highest BCUT2D eigenvalue weighted by atomic mass is 32.2. The van der Waals surface area contributed by atoms with Crippen molar-refractivity contribution in [2.45, 2.75) is 6.04 Å². The maximum Gasteiger partial charge on any atom is 0.149 e. The molecule has 0 aliphatic carbocycles. The standard InChI is InChI=1S/C11H14N4O2S/c1-18(16,17)8-10(12)11-7-13-14-15(11)9-5-3-2-4-6-9/h2-7,10H,8,12H2,1H3. The quantitative estimate of drug-likeness (QED) is 0.860. The molecule has 0 saturated carbocycles. The van der Waals surface area contributed by atoms with E-state index in [1.807, 2.05) is 30.3 Å². The van der Waals surface area contributed by atoms with Gasteiger partial charge in [-0.1, -0.05) is 23.4 Å². The minimum Gasteiger partial charge on any atom is -0.322 e. The Labute approximate surface area is 105 Å². The number of nitrogens with two attached hydrogens (primary N) is 1. The van der Waals surface area contributed by atoms with Gasteiger partial charge in [-0.2, -0.15) is 0 Å². The molecule has 2 rings (SSSR count). The molecule has 7 heteroatoms. The van der Waals surface area contributed by atoms with Crippen molar-refractivity contribution in [2.24, 2.45) is 5.73 Å². The van der Waals surface area contributed by atoms with E-state index in [2.05, 4.69) is 10.3 Å². The van der Waals surface area contributed by atoms with Gasteiger partial charge in [0.1, 0.15) is 9.84 Å². The van der Waals surface area contributed by atoms with Crippen molar-refractivity contribution in [2.75, 3.05) is 12.0 Å². The van der Waals surface area contributed by atoms with Crippen LogP contribution >= 0.6 is 0 Å². The Balaban J connectivity index is 2.34. The molecule has 0 saturated heterocycles. The maximum absolute atomic E-state index is 11.3. The summed E-state index contributed by atoms with van der Waals surface area (Å²) in [6, 6.07) is 8.68. The molecule has 0 aliphatic rings. The monoisotopic (exact) mass is 266 g/mol. The molecule has 1 unspecified atom stereocenters. The predicted octanol–water partition coefficient (Wildman–Crippen LogP) is 0.312. The summed E-state index contributed by atoms with van der Waals surface area (Å²) in [5.74, 6) is -0.132. The zero-order valence-corrected chi connectivity index (χ0v) is 10.7. The van der Waals surface area contributed by atoms with Gasteiger partial charge in [0.25, 0.3) is 0 Å². The first kappa shape index (κ1) is 12.7. The van der Waals surface area contributed by atoms with E-state index in [9.17, 15) is 8.42 Å². The van der Waals surface area contributed by atoms with E-state index in [4.69, 9.17) is 5.73 Å². The molecule has 0 aliphatic heterocycles. The van der Waals surface area contributed by atoms with Gasteiger partial charge in [-0.05, 0) is 12.1 Å². The molecule has 0 spiro atoms. The molecule has 2 aromatic rings. The number of para-hydroxylation sites is 1. The molecular weight excluding hydrogens is 252 g/mol. The van der Waals surface area contributed by atoms with E-state index in [1.165, 1.54) is 6.20 Å². The lowest BCUT2D eigenvalue weighted by Gasteiger charge is -2.12. The van der Waals surface area contributed by atoms with Crippen LogP contribution in [-0.2, 0) is 9.84 Å². The van der Waals surface area contributed by atoms with Crippen LogP contribution in [0.4, 0.5) is 0 Å². The lowest BCUT2D eigenvalue weighted by Crippen LogP contribution is -2.23.